The summed E-state index contributed by atoms with van der Waals surface area (Å²) in [6, 6.07) is 9.90. The van der Waals surface area contributed by atoms with Gasteiger partial charge in [-0.3, -0.25) is 0 Å². The number of nitrogens with one attached hydrogen (secondary N) is 1. The van der Waals surface area contributed by atoms with Gasteiger partial charge in [0.25, 0.3) is 0 Å². The maximum absolute atomic E-state index is 5.91. The molecule has 1 aromatic carbocycles. The number of hydrogen-bond acceptors (Lipinski definition) is 4. The number of benzene rings is 1. The first-order chi connectivity index (χ1) is 9.54. The van der Waals surface area contributed by atoms with Crippen molar-refractivity contribution in [3.05, 3.63) is 42.4 Å². The van der Waals surface area contributed by atoms with Crippen molar-refractivity contribution in [2.45, 2.75) is 39.3 Å². The monoisotopic (exact) mass is 274 g/mol. The molecule has 4 heteroatoms. The summed E-state index contributed by atoms with van der Waals surface area (Å²) >= 11 is 0. The fourth-order valence-corrected chi connectivity index (χ4v) is 2.05. The van der Waals surface area contributed by atoms with Crippen LogP contribution in [0.25, 0.3) is 0 Å². The van der Waals surface area contributed by atoms with Crippen LogP contribution in [0.4, 0.5) is 11.4 Å². The summed E-state index contributed by atoms with van der Waals surface area (Å²) in [6.45, 7) is 6.08. The summed E-state index contributed by atoms with van der Waals surface area (Å²) in [5, 5.41) is 3.43. The van der Waals surface area contributed by atoms with E-state index in [1.54, 1.807) is 6.26 Å². The summed E-state index contributed by atoms with van der Waals surface area (Å²) in [5.41, 5.74) is 7.56. The summed E-state index contributed by atoms with van der Waals surface area (Å²) in [4.78, 5) is 0. The minimum Gasteiger partial charge on any atom is -0.489 e. The van der Waals surface area contributed by atoms with Gasteiger partial charge < -0.3 is 20.2 Å². The number of nitrogens with two attached hydrogens (primary N) is 1. The van der Waals surface area contributed by atoms with E-state index in [-0.39, 0.29) is 12.1 Å². The molecule has 1 aromatic heterocycles. The standard InChI is InChI=1S/C16H22N2O2/c1-11(2)20-16-10-13(6-7-15(16)17)18-12(3)9-14-5-4-8-19-14/h4-8,10-12,18H,9,17H2,1-3H3. The van der Waals surface area contributed by atoms with Crippen LogP contribution in [0, 0.1) is 0 Å². The lowest BCUT2D eigenvalue weighted by Gasteiger charge is -2.17. The molecule has 2 aromatic rings. The number of anilines is 2. The Bertz CT molecular complexity index is 535. The van der Waals surface area contributed by atoms with Crippen LogP contribution in [-0.4, -0.2) is 12.1 Å². The van der Waals surface area contributed by atoms with Crippen molar-refractivity contribution < 1.29 is 9.15 Å². The van der Waals surface area contributed by atoms with Gasteiger partial charge in [-0.2, -0.15) is 0 Å². The number of hydrogen-bond donors (Lipinski definition) is 2. The molecule has 0 spiro atoms. The van der Waals surface area contributed by atoms with Gasteiger partial charge in [0.1, 0.15) is 11.5 Å². The van der Waals surface area contributed by atoms with Crippen LogP contribution in [0.2, 0.25) is 0 Å². The highest BCUT2D eigenvalue weighted by Gasteiger charge is 2.08. The second-order valence-electron chi connectivity index (χ2n) is 5.25. The van der Waals surface area contributed by atoms with Gasteiger partial charge in [0.15, 0.2) is 0 Å². The van der Waals surface area contributed by atoms with E-state index in [1.165, 1.54) is 0 Å². The number of furan rings is 1. The van der Waals surface area contributed by atoms with Gasteiger partial charge in [0.2, 0.25) is 0 Å². The number of nitrogen functional groups attached to an aromatic ring is 1. The maximum atomic E-state index is 5.91. The predicted octanol–water partition coefficient (Wildman–Crippen LogP) is 3.69. The molecular weight excluding hydrogens is 252 g/mol. The SMILES string of the molecule is CC(Cc1ccco1)Nc1ccc(N)c(OC(C)C)c1. The zero-order chi connectivity index (χ0) is 14.5. The zero-order valence-corrected chi connectivity index (χ0v) is 12.2. The Balaban J connectivity index is 2.01. The van der Waals surface area contributed by atoms with Gasteiger partial charge in [-0.25, -0.2) is 0 Å². The molecule has 2 rings (SSSR count). The second kappa shape index (κ2) is 6.37. The first-order valence-electron chi connectivity index (χ1n) is 6.89. The Morgan fingerprint density at radius 3 is 2.70 bits per heavy atom. The normalized spacial score (nSPS) is 12.4. The van der Waals surface area contributed by atoms with Crippen LogP contribution in [0.5, 0.6) is 5.75 Å². The molecular formula is C16H22N2O2. The Hall–Kier alpha value is -2.10. The Labute approximate surface area is 119 Å². The van der Waals surface area contributed by atoms with Gasteiger partial charge in [0, 0.05) is 24.2 Å². The summed E-state index contributed by atoms with van der Waals surface area (Å²) in [5.74, 6) is 1.69. The van der Waals surface area contributed by atoms with Gasteiger partial charge in [0.05, 0.1) is 18.1 Å². The molecule has 0 aliphatic rings. The highest BCUT2D eigenvalue weighted by Crippen LogP contribution is 2.27. The quantitative estimate of drug-likeness (QED) is 0.789. The van der Waals surface area contributed by atoms with Gasteiger partial charge in [-0.1, -0.05) is 0 Å². The van der Waals surface area contributed by atoms with E-state index in [4.69, 9.17) is 14.9 Å². The molecule has 0 saturated heterocycles. The molecule has 108 valence electrons. The average Bonchev–Trinajstić information content (AvgIpc) is 2.85. The van der Waals surface area contributed by atoms with E-state index >= 15 is 0 Å². The summed E-state index contributed by atoms with van der Waals surface area (Å²) in [6.07, 6.45) is 2.63. The Kier molecular flexibility index (Phi) is 4.56. The molecule has 0 fully saturated rings. The first kappa shape index (κ1) is 14.3. The van der Waals surface area contributed by atoms with Crippen molar-refractivity contribution in [3.63, 3.8) is 0 Å². The molecule has 1 unspecified atom stereocenters. The molecule has 0 saturated carbocycles. The number of ether oxygens (including phenoxy) is 1. The van der Waals surface area contributed by atoms with Crippen LogP contribution in [-0.2, 0) is 6.42 Å². The lowest BCUT2D eigenvalue weighted by molar-refractivity contribution is 0.244. The molecule has 0 aliphatic heterocycles. The van der Waals surface area contributed by atoms with Crippen molar-refractivity contribution in [2.75, 3.05) is 11.1 Å². The van der Waals surface area contributed by atoms with Gasteiger partial charge in [-0.05, 0) is 45.0 Å². The molecule has 0 radical (unpaired) electrons. The fraction of sp³-hybridized carbons (Fsp3) is 0.375. The van der Waals surface area contributed by atoms with Gasteiger partial charge >= 0.3 is 0 Å². The minimum absolute atomic E-state index is 0.105. The van der Waals surface area contributed by atoms with Crippen molar-refractivity contribution >= 4 is 11.4 Å². The smallest absolute Gasteiger partial charge is 0.144 e. The van der Waals surface area contributed by atoms with Crippen LogP contribution >= 0.6 is 0 Å². The summed E-state index contributed by atoms with van der Waals surface area (Å²) < 4.78 is 11.0. The molecule has 1 atom stereocenters. The molecule has 20 heavy (non-hydrogen) atoms. The second-order valence-corrected chi connectivity index (χ2v) is 5.25. The Morgan fingerprint density at radius 2 is 2.05 bits per heavy atom. The third-order valence-corrected chi connectivity index (χ3v) is 2.88. The van der Waals surface area contributed by atoms with Crippen LogP contribution in [0.1, 0.15) is 26.5 Å². The van der Waals surface area contributed by atoms with E-state index < -0.39 is 0 Å². The Morgan fingerprint density at radius 1 is 1.25 bits per heavy atom. The average molecular weight is 274 g/mol. The van der Waals surface area contributed by atoms with Crippen molar-refractivity contribution in [3.8, 4) is 5.75 Å². The van der Waals surface area contributed by atoms with Crippen molar-refractivity contribution in [1.29, 1.82) is 0 Å². The lowest BCUT2D eigenvalue weighted by Crippen LogP contribution is -2.18. The van der Waals surface area contributed by atoms with Crippen molar-refractivity contribution in [2.24, 2.45) is 0 Å². The largest absolute Gasteiger partial charge is 0.489 e. The third-order valence-electron chi connectivity index (χ3n) is 2.88. The lowest BCUT2D eigenvalue weighted by atomic mass is 10.1. The van der Waals surface area contributed by atoms with E-state index in [0.717, 1.165) is 23.6 Å². The predicted molar refractivity (Wildman–Crippen MR) is 82.1 cm³/mol. The topological polar surface area (TPSA) is 60.4 Å². The van der Waals surface area contributed by atoms with E-state index in [9.17, 15) is 0 Å². The maximum Gasteiger partial charge on any atom is 0.144 e. The van der Waals surface area contributed by atoms with Gasteiger partial charge in [-0.15, -0.1) is 0 Å². The molecule has 3 N–H and O–H groups in total. The number of rotatable bonds is 6. The molecule has 4 nitrogen and oxygen atoms in total. The third kappa shape index (κ3) is 3.95. The van der Waals surface area contributed by atoms with Crippen LogP contribution in [0.15, 0.2) is 41.0 Å². The van der Waals surface area contributed by atoms with Crippen LogP contribution in [0.3, 0.4) is 0 Å². The molecule has 0 aliphatic carbocycles. The zero-order valence-electron chi connectivity index (χ0n) is 12.2. The first-order valence-corrected chi connectivity index (χ1v) is 6.89. The molecule has 0 bridgehead atoms. The fourth-order valence-electron chi connectivity index (χ4n) is 2.05. The van der Waals surface area contributed by atoms with Crippen molar-refractivity contribution in [1.82, 2.24) is 0 Å². The minimum atomic E-state index is 0.105. The van der Waals surface area contributed by atoms with Crippen LogP contribution < -0.4 is 15.8 Å². The highest BCUT2D eigenvalue weighted by molar-refractivity contribution is 5.61. The molecule has 0 amide bonds. The molecule has 1 heterocycles. The highest BCUT2D eigenvalue weighted by atomic mass is 16.5. The summed E-state index contributed by atoms with van der Waals surface area (Å²) in [7, 11) is 0. The van der Waals surface area contributed by atoms with E-state index in [1.807, 2.05) is 44.2 Å². The van der Waals surface area contributed by atoms with E-state index in [2.05, 4.69) is 12.2 Å². The van der Waals surface area contributed by atoms with E-state index in [0.29, 0.717) is 5.69 Å².